The van der Waals surface area contributed by atoms with Crippen LogP contribution in [0.3, 0.4) is 0 Å². The molecule has 0 saturated heterocycles. The average molecular weight is 1270 g/mol. The summed E-state index contributed by atoms with van der Waals surface area (Å²) in [5, 5.41) is -17.2. The summed E-state index contributed by atoms with van der Waals surface area (Å²) in [6.45, 7) is -17.6. The van der Waals surface area contributed by atoms with Crippen LogP contribution < -0.4 is 29.6 Å². The van der Waals surface area contributed by atoms with Gasteiger partial charge in [0.25, 0.3) is 0 Å². The van der Waals surface area contributed by atoms with Crippen LogP contribution in [-0.2, 0) is 33.7 Å². The fraction of sp³-hybridized carbons (Fsp3) is 1.00. The largest absolute Gasteiger partial charge is 1.00 e. The van der Waals surface area contributed by atoms with Gasteiger partial charge in [0.15, 0.2) is 13.1 Å². The molecule has 10 nitrogen and oxygen atoms in total. The first kappa shape index (κ1) is 74.5. The van der Waals surface area contributed by atoms with Crippen molar-refractivity contribution in [3.63, 3.8) is 0 Å². The number of nitrogens with zero attached hydrogens (tertiary/aromatic N) is 2. The van der Waals surface area contributed by atoms with E-state index >= 15 is 8.96 Å². The molecule has 2 atom stereocenters. The second kappa shape index (κ2) is 20.2. The van der Waals surface area contributed by atoms with Gasteiger partial charge in [-0.1, -0.05) is 0 Å². The van der Waals surface area contributed by atoms with Crippen LogP contribution in [0.25, 0.3) is 0 Å². The number of halogens is 36. The van der Waals surface area contributed by atoms with Crippen molar-refractivity contribution in [2.75, 3.05) is 39.4 Å². The minimum absolute atomic E-state index is 0. The van der Waals surface area contributed by atoms with Crippen molar-refractivity contribution < 1.29 is 233 Å². The van der Waals surface area contributed by atoms with Gasteiger partial charge in [-0.15, -0.1) is 0 Å². The van der Waals surface area contributed by atoms with Crippen LogP contribution in [0.2, 0.25) is 0 Å². The topological polar surface area (TPSA) is 124 Å². The summed E-state index contributed by atoms with van der Waals surface area (Å²) in [6.07, 6.45) is -16.4. The molecule has 74 heavy (non-hydrogen) atoms. The van der Waals surface area contributed by atoms with E-state index in [1.165, 1.54) is 0 Å². The SMILES string of the molecule is CC[N+](F)(CCOP(=O)(O)OCC[N+](F)(CC)S(=O)(=O)C(F)(F)C(F)(F)C(F)(F)C(F)(F)C(F)(F)C(F)(F)C(F)(F)C(F)(F)F)S(=O)(=O)C(F)(F)C(F)(F)C(F)(F)C(F)(F)C(F)(F)C(F)(F)C(F)(F)C(F)(F)F.[H-].[Na+]. The monoisotopic (exact) mass is 1270 g/mol. The molecule has 1 N–H and O–H groups in total. The smallest absolute Gasteiger partial charge is 1.00 e. The summed E-state index contributed by atoms with van der Waals surface area (Å²) in [4.78, 5) is 9.47. The number of sulfonamides is 2. The number of hydrogen-bond acceptors (Lipinski definition) is 7. The van der Waals surface area contributed by atoms with Gasteiger partial charge in [0, 0.05) is 8.96 Å². The van der Waals surface area contributed by atoms with Crippen LogP contribution in [0.1, 0.15) is 15.3 Å². The van der Waals surface area contributed by atoms with Crippen molar-refractivity contribution in [2.45, 2.75) is 108 Å². The van der Waals surface area contributed by atoms with Gasteiger partial charge in [-0.3, -0.25) is 9.05 Å². The molecule has 0 aliphatic rings. The van der Waals surface area contributed by atoms with Crippen LogP contribution in [-0.4, -0.2) is 163 Å². The molecule has 0 fully saturated rings. The molecule has 0 radical (unpaired) electrons. The maximum Gasteiger partial charge on any atom is 1.00 e. The minimum atomic E-state index is -9.42. The molecule has 0 amide bonds. The molecule has 0 spiro atoms. The first-order valence-electron chi connectivity index (χ1n) is 16.7. The Kier molecular flexibility index (Phi) is 20.3. The quantitative estimate of drug-likeness (QED) is 0.0398. The summed E-state index contributed by atoms with van der Waals surface area (Å²) in [5.41, 5.74) is 0. The third kappa shape index (κ3) is 10.2. The predicted octanol–water partition coefficient (Wildman–Crippen LogP) is 8.27. The molecule has 0 aromatic carbocycles. The number of quaternary nitrogens is 2. The number of alkyl halides is 34. The van der Waals surface area contributed by atoms with Gasteiger partial charge in [-0.2, -0.15) is 166 Å². The molecule has 0 bridgehead atoms. The molecule has 0 aliphatic carbocycles. The number of phosphoric acid groups is 1. The number of phosphoric ester groups is 1. The van der Waals surface area contributed by atoms with E-state index < -0.39 is 169 Å². The van der Waals surface area contributed by atoms with Gasteiger partial charge in [0.05, 0.1) is 0 Å². The van der Waals surface area contributed by atoms with Crippen molar-refractivity contribution in [1.29, 1.82) is 0 Å². The zero-order valence-corrected chi connectivity index (χ0v) is 38.8. The molecular weight excluding hydrogens is 1250 g/mol. The summed E-state index contributed by atoms with van der Waals surface area (Å²) in [6, 6.07) is 0. The maximum atomic E-state index is 15.3. The van der Waals surface area contributed by atoms with Gasteiger partial charge >= 0.3 is 151 Å². The maximum absolute atomic E-state index is 15.3. The normalized spacial score (nSPS) is 18.6. The van der Waals surface area contributed by atoms with E-state index in [4.69, 9.17) is 0 Å². The van der Waals surface area contributed by atoms with E-state index in [-0.39, 0.29) is 44.8 Å². The van der Waals surface area contributed by atoms with E-state index in [1.807, 2.05) is 0 Å². The summed E-state index contributed by atoms with van der Waals surface area (Å²) >= 11 is 0. The summed E-state index contributed by atoms with van der Waals surface area (Å²) in [7, 11) is -24.4. The molecule has 0 rings (SSSR count). The molecule has 442 valence electrons. The van der Waals surface area contributed by atoms with Crippen LogP contribution in [0.4, 0.5) is 158 Å². The third-order valence-electron chi connectivity index (χ3n) is 9.20. The molecule has 0 heterocycles. The fourth-order valence-corrected chi connectivity index (χ4v) is 8.29. The minimum Gasteiger partial charge on any atom is -1.00 e. The first-order valence-corrected chi connectivity index (χ1v) is 21.1. The second-order valence-electron chi connectivity index (χ2n) is 13.7. The Balaban J connectivity index is -0.0000259. The van der Waals surface area contributed by atoms with Crippen molar-refractivity contribution in [2.24, 2.45) is 0 Å². The van der Waals surface area contributed by atoms with Crippen molar-refractivity contribution in [1.82, 2.24) is 0 Å². The Morgan fingerprint density at radius 3 is 0.703 bits per heavy atom. The molecule has 0 aliphatic heterocycles. The second-order valence-corrected chi connectivity index (χ2v) is 19.4. The Morgan fingerprint density at radius 2 is 0.541 bits per heavy atom. The zero-order valence-electron chi connectivity index (χ0n) is 35.3. The number of likely N-dealkylation sites (N-methyl/N-ethyl adjacent to an activating group) is 2. The Morgan fingerprint density at radius 1 is 0.378 bits per heavy atom. The van der Waals surface area contributed by atoms with E-state index in [0.29, 0.717) is 0 Å². The van der Waals surface area contributed by atoms with Crippen molar-refractivity contribution in [3.8, 4) is 0 Å². The summed E-state index contributed by atoms with van der Waals surface area (Å²) in [5.74, 6) is -110. The van der Waals surface area contributed by atoms with Gasteiger partial charge in [-0.05, 0) is 22.1 Å². The summed E-state index contributed by atoms with van der Waals surface area (Å²) < 4.78 is 551. The Labute approximate surface area is 407 Å². The molecular formula is C24H20F36N2NaO8PS2+2. The van der Waals surface area contributed by atoms with Crippen LogP contribution in [0.5, 0.6) is 0 Å². The van der Waals surface area contributed by atoms with Gasteiger partial charge in [0.2, 0.25) is 0 Å². The molecule has 50 heteroatoms. The van der Waals surface area contributed by atoms with Crippen LogP contribution in [0, 0.1) is 0 Å². The number of hydrogen-bond donors (Lipinski definition) is 1. The molecule has 2 unspecified atom stereocenters. The molecule has 0 aromatic heterocycles. The van der Waals surface area contributed by atoms with E-state index in [9.17, 15) is 176 Å². The van der Waals surface area contributed by atoms with Crippen LogP contribution in [0.15, 0.2) is 0 Å². The van der Waals surface area contributed by atoms with Gasteiger partial charge in [-0.25, -0.2) is 4.57 Å². The average Bonchev–Trinajstić information content (AvgIpc) is 3.18. The van der Waals surface area contributed by atoms with Crippen LogP contribution >= 0.6 is 7.82 Å². The molecule has 0 saturated carbocycles. The molecule has 0 aromatic rings. The van der Waals surface area contributed by atoms with Gasteiger partial charge in [0.1, 0.15) is 26.3 Å². The first-order chi connectivity index (χ1) is 31.0. The third-order valence-corrected chi connectivity index (χ3v) is 14.6. The Hall–Kier alpha value is -1.59. The number of rotatable bonds is 26. The fourth-order valence-electron chi connectivity index (χ4n) is 4.55. The Bertz CT molecular complexity index is 2130. The predicted molar refractivity (Wildman–Crippen MR) is 156 cm³/mol. The van der Waals surface area contributed by atoms with E-state index in [2.05, 4.69) is 9.05 Å². The zero-order chi connectivity index (χ0) is 60.2. The van der Waals surface area contributed by atoms with Crippen molar-refractivity contribution in [3.05, 3.63) is 0 Å². The standard InChI is InChI=1S/C24H18F36N2O8PS2.Na.H/c1-3-61(59,72(65,66)23(55,56)19(45,46)15(37,38)11(29,30)9(25,26)13(33,34)17(41,42)21(49,50)51)5-7-69-71(63,64)70-8-6-62(60,4-2)73(67,68)24(57,58)20(47,48)16(39,40)12(31,32)10(27,28)14(35,36)18(43,44)22(52,53)54;;/h3-8H2,1-2H3;;/q2*+1;-1/p+1. The van der Waals surface area contributed by atoms with E-state index in [0.717, 1.165) is 0 Å². The van der Waals surface area contributed by atoms with Crippen molar-refractivity contribution >= 4 is 27.9 Å². The van der Waals surface area contributed by atoms with E-state index in [1.54, 1.807) is 0 Å². The van der Waals surface area contributed by atoms with Gasteiger partial charge < -0.3 is 6.32 Å².